The first-order chi connectivity index (χ1) is 8.33. The third kappa shape index (κ3) is 2.98. The van der Waals surface area contributed by atoms with Gasteiger partial charge in [-0.05, 0) is 17.4 Å². The lowest BCUT2D eigenvalue weighted by Crippen LogP contribution is -2.06. The Bertz CT molecular complexity index is 483. The third-order valence-corrected chi connectivity index (χ3v) is 3.77. The van der Waals surface area contributed by atoms with Crippen LogP contribution in [0.5, 0.6) is 11.5 Å². The second-order valence-corrected chi connectivity index (χ2v) is 4.92. The summed E-state index contributed by atoms with van der Waals surface area (Å²) in [6, 6.07) is 16.3. The fourth-order valence-electron chi connectivity index (χ4n) is 1.58. The van der Waals surface area contributed by atoms with Crippen LogP contribution in [0, 0.1) is 0 Å². The van der Waals surface area contributed by atoms with E-state index in [1.54, 1.807) is 14.2 Å². The number of rotatable bonds is 4. The fraction of sp³-hybridized carbons (Fsp3) is 0.143. The number of hydrogen-bond acceptors (Lipinski definition) is 2. The summed E-state index contributed by atoms with van der Waals surface area (Å²) in [6.07, 6.45) is 0. The fourth-order valence-corrected chi connectivity index (χ4v) is 2.71. The molecule has 0 aliphatic heterocycles. The van der Waals surface area contributed by atoms with Crippen LogP contribution in [0.1, 0.15) is 0 Å². The van der Waals surface area contributed by atoms with Crippen LogP contribution in [0.4, 0.5) is 0 Å². The van der Waals surface area contributed by atoms with Crippen molar-refractivity contribution in [3.8, 4) is 11.5 Å². The Hall–Kier alpha value is -1.53. The van der Waals surface area contributed by atoms with Crippen LogP contribution in [-0.4, -0.2) is 14.2 Å². The minimum Gasteiger partial charge on any atom is -0.497 e. The van der Waals surface area contributed by atoms with Gasteiger partial charge < -0.3 is 9.47 Å². The van der Waals surface area contributed by atoms with Crippen molar-refractivity contribution in [1.29, 1.82) is 0 Å². The average Bonchev–Trinajstić information content (AvgIpc) is 2.40. The van der Waals surface area contributed by atoms with E-state index in [0.29, 0.717) is 8.58 Å². The number of hydrogen-bond donors (Lipinski definition) is 0. The Morgan fingerprint density at radius 3 is 2.29 bits per heavy atom. The lowest BCUT2D eigenvalue weighted by atomic mass is 10.3. The largest absolute Gasteiger partial charge is 0.497 e. The maximum atomic E-state index is 5.39. The molecule has 2 nitrogen and oxygen atoms in total. The van der Waals surface area contributed by atoms with Gasteiger partial charge in [0, 0.05) is 11.4 Å². The van der Waals surface area contributed by atoms with Gasteiger partial charge in [-0.25, -0.2) is 0 Å². The highest BCUT2D eigenvalue weighted by molar-refractivity contribution is 7.55. The van der Waals surface area contributed by atoms with Gasteiger partial charge >= 0.3 is 0 Å². The predicted molar refractivity (Wildman–Crippen MR) is 73.6 cm³/mol. The summed E-state index contributed by atoms with van der Waals surface area (Å²) < 4.78 is 10.6. The molecule has 0 radical (unpaired) electrons. The molecule has 0 aromatic heterocycles. The Morgan fingerprint density at radius 2 is 1.65 bits per heavy atom. The summed E-state index contributed by atoms with van der Waals surface area (Å²) in [6.45, 7) is 0. The first-order valence-electron chi connectivity index (χ1n) is 5.37. The zero-order chi connectivity index (χ0) is 12.1. The molecule has 0 saturated carbocycles. The summed E-state index contributed by atoms with van der Waals surface area (Å²) in [5.74, 6) is 1.70. The molecule has 0 amide bonds. The maximum absolute atomic E-state index is 5.39. The molecule has 0 bridgehead atoms. The quantitative estimate of drug-likeness (QED) is 0.771. The van der Waals surface area contributed by atoms with Gasteiger partial charge in [0.1, 0.15) is 11.5 Å². The first-order valence-corrected chi connectivity index (χ1v) is 6.37. The van der Waals surface area contributed by atoms with Gasteiger partial charge in [0.15, 0.2) is 0 Å². The minimum absolute atomic E-state index is 0.600. The second kappa shape index (κ2) is 5.70. The van der Waals surface area contributed by atoms with Gasteiger partial charge in [0.2, 0.25) is 0 Å². The van der Waals surface area contributed by atoms with E-state index in [2.05, 4.69) is 30.3 Å². The van der Waals surface area contributed by atoms with Gasteiger partial charge in [-0.15, -0.1) is 0 Å². The number of methoxy groups -OCH3 is 2. The highest BCUT2D eigenvalue weighted by atomic mass is 31.1. The Balaban J connectivity index is 2.26. The highest BCUT2D eigenvalue weighted by Gasteiger charge is 2.05. The van der Waals surface area contributed by atoms with Gasteiger partial charge in [-0.1, -0.05) is 38.9 Å². The van der Waals surface area contributed by atoms with E-state index in [0.717, 1.165) is 11.5 Å². The molecule has 2 aromatic rings. The molecule has 0 aliphatic carbocycles. The van der Waals surface area contributed by atoms with Crippen molar-refractivity contribution in [2.75, 3.05) is 14.2 Å². The topological polar surface area (TPSA) is 18.5 Å². The van der Waals surface area contributed by atoms with Crippen LogP contribution in [-0.2, 0) is 0 Å². The molecule has 1 unspecified atom stereocenters. The Kier molecular flexibility index (Phi) is 4.00. The zero-order valence-corrected chi connectivity index (χ0v) is 10.9. The molecule has 3 heteroatoms. The van der Waals surface area contributed by atoms with Crippen molar-refractivity contribution in [3.05, 3.63) is 48.5 Å². The van der Waals surface area contributed by atoms with Crippen molar-refractivity contribution in [2.45, 2.75) is 0 Å². The van der Waals surface area contributed by atoms with Crippen molar-refractivity contribution >= 4 is 19.2 Å². The van der Waals surface area contributed by atoms with Gasteiger partial charge in [0.05, 0.1) is 14.2 Å². The van der Waals surface area contributed by atoms with Crippen LogP contribution in [0.3, 0.4) is 0 Å². The molecule has 0 spiro atoms. The molecular formula is C14H15O2P. The van der Waals surface area contributed by atoms with E-state index in [4.69, 9.17) is 9.47 Å². The lowest BCUT2D eigenvalue weighted by Gasteiger charge is -2.10. The standard InChI is InChI=1S/C14H15O2P/c1-15-11-8-9-14(13(10-11)16-2)17-12-6-4-3-5-7-12/h3-10,17H,1-2H3. The van der Waals surface area contributed by atoms with E-state index < -0.39 is 0 Å². The van der Waals surface area contributed by atoms with Crippen molar-refractivity contribution in [1.82, 2.24) is 0 Å². The summed E-state index contributed by atoms with van der Waals surface area (Å²) in [7, 11) is 3.95. The Labute approximate surface area is 103 Å². The highest BCUT2D eigenvalue weighted by Crippen LogP contribution is 2.23. The van der Waals surface area contributed by atoms with Crippen molar-refractivity contribution < 1.29 is 9.47 Å². The molecule has 2 rings (SSSR count). The zero-order valence-electron chi connectivity index (χ0n) is 9.94. The molecule has 0 saturated heterocycles. The predicted octanol–water partition coefficient (Wildman–Crippen LogP) is 2.33. The monoisotopic (exact) mass is 246 g/mol. The van der Waals surface area contributed by atoms with Crippen LogP contribution in [0.2, 0.25) is 0 Å². The van der Waals surface area contributed by atoms with Gasteiger partial charge in [-0.2, -0.15) is 0 Å². The van der Waals surface area contributed by atoms with Crippen molar-refractivity contribution in [2.24, 2.45) is 0 Å². The Morgan fingerprint density at radius 1 is 0.882 bits per heavy atom. The van der Waals surface area contributed by atoms with E-state index in [1.807, 2.05) is 18.2 Å². The normalized spacial score (nSPS) is 10.7. The summed E-state index contributed by atoms with van der Waals surface area (Å²) >= 11 is 0. The second-order valence-electron chi connectivity index (χ2n) is 3.56. The van der Waals surface area contributed by atoms with E-state index in [-0.39, 0.29) is 0 Å². The van der Waals surface area contributed by atoms with E-state index in [9.17, 15) is 0 Å². The molecule has 2 aromatic carbocycles. The molecule has 17 heavy (non-hydrogen) atoms. The molecule has 0 fully saturated rings. The first kappa shape index (κ1) is 11.9. The van der Waals surface area contributed by atoms with Gasteiger partial charge in [0.25, 0.3) is 0 Å². The summed E-state index contributed by atoms with van der Waals surface area (Å²) in [5.41, 5.74) is 0. The number of benzene rings is 2. The minimum atomic E-state index is 0.600. The number of ether oxygens (including phenoxy) is 2. The molecule has 1 atom stereocenters. The van der Waals surface area contributed by atoms with Crippen molar-refractivity contribution in [3.63, 3.8) is 0 Å². The van der Waals surface area contributed by atoms with E-state index >= 15 is 0 Å². The molecule has 0 aliphatic rings. The van der Waals surface area contributed by atoms with Crippen LogP contribution >= 0.6 is 8.58 Å². The SMILES string of the molecule is COc1ccc(Pc2ccccc2)c(OC)c1. The molecule has 88 valence electrons. The summed E-state index contributed by atoms with van der Waals surface area (Å²) in [4.78, 5) is 0. The molecule has 0 N–H and O–H groups in total. The van der Waals surface area contributed by atoms with E-state index in [1.165, 1.54) is 10.6 Å². The van der Waals surface area contributed by atoms with Gasteiger partial charge in [-0.3, -0.25) is 0 Å². The average molecular weight is 246 g/mol. The summed E-state index contributed by atoms with van der Waals surface area (Å²) in [5, 5.41) is 2.50. The van der Waals surface area contributed by atoms with Crippen LogP contribution in [0.15, 0.2) is 48.5 Å². The van der Waals surface area contributed by atoms with Crippen LogP contribution in [0.25, 0.3) is 0 Å². The molecule has 0 heterocycles. The lowest BCUT2D eigenvalue weighted by molar-refractivity contribution is 0.396. The molecular weight excluding hydrogens is 231 g/mol. The smallest absolute Gasteiger partial charge is 0.130 e. The third-order valence-electron chi connectivity index (χ3n) is 2.46. The van der Waals surface area contributed by atoms with Crippen LogP contribution < -0.4 is 20.1 Å². The maximum Gasteiger partial charge on any atom is 0.130 e.